The fourth-order valence-corrected chi connectivity index (χ4v) is 3.09. The van der Waals surface area contributed by atoms with Crippen molar-refractivity contribution in [1.82, 2.24) is 15.1 Å². The Morgan fingerprint density at radius 2 is 2.20 bits per heavy atom. The number of para-hydroxylation sites is 1. The van der Waals surface area contributed by atoms with Crippen molar-refractivity contribution in [3.05, 3.63) is 24.4 Å². The zero-order valence-electron chi connectivity index (χ0n) is 12.4. The molecule has 4 nitrogen and oxygen atoms in total. The largest absolute Gasteiger partial charge is 0.381 e. The smallest absolute Gasteiger partial charge is 0.0881 e. The first-order valence-electron chi connectivity index (χ1n) is 7.67. The standard InChI is InChI=1S/C16H24N4/c1-12(2)20-9-4-6-14(8-10-20)18-15-7-3-5-13-11-17-19-16(13)15/h3,5,7,11-12,14,18H,4,6,8-10H2,1-2H3,(H,17,19). The van der Waals surface area contributed by atoms with Gasteiger partial charge in [0, 0.05) is 24.0 Å². The molecule has 0 amide bonds. The fourth-order valence-electron chi connectivity index (χ4n) is 3.09. The Labute approximate surface area is 120 Å². The van der Waals surface area contributed by atoms with Crippen LogP contribution in [0.3, 0.4) is 0 Å². The van der Waals surface area contributed by atoms with E-state index in [0.717, 1.165) is 5.52 Å². The summed E-state index contributed by atoms with van der Waals surface area (Å²) in [6.45, 7) is 7.00. The normalized spacial score (nSPS) is 21.2. The summed E-state index contributed by atoms with van der Waals surface area (Å²) < 4.78 is 0. The van der Waals surface area contributed by atoms with Crippen LogP contribution in [0.25, 0.3) is 10.9 Å². The number of rotatable bonds is 3. The van der Waals surface area contributed by atoms with Gasteiger partial charge in [0.2, 0.25) is 0 Å². The molecule has 0 aliphatic carbocycles. The number of aromatic amines is 1. The summed E-state index contributed by atoms with van der Waals surface area (Å²) in [4.78, 5) is 2.58. The van der Waals surface area contributed by atoms with E-state index in [1.54, 1.807) is 0 Å². The highest BCUT2D eigenvalue weighted by Gasteiger charge is 2.19. The molecule has 2 heterocycles. The number of fused-ring (bicyclic) bond motifs is 1. The predicted octanol–water partition coefficient (Wildman–Crippen LogP) is 3.24. The van der Waals surface area contributed by atoms with Gasteiger partial charge >= 0.3 is 0 Å². The van der Waals surface area contributed by atoms with Crippen molar-refractivity contribution < 1.29 is 0 Å². The SMILES string of the molecule is CC(C)N1CCCC(Nc2cccc3cn[nH]c23)CC1. The summed E-state index contributed by atoms with van der Waals surface area (Å²) >= 11 is 0. The fraction of sp³-hybridized carbons (Fsp3) is 0.562. The third-order valence-corrected chi connectivity index (χ3v) is 4.33. The Balaban J connectivity index is 1.70. The van der Waals surface area contributed by atoms with E-state index in [9.17, 15) is 0 Å². The van der Waals surface area contributed by atoms with E-state index >= 15 is 0 Å². The molecular weight excluding hydrogens is 248 g/mol. The number of H-pyrrole nitrogens is 1. The zero-order chi connectivity index (χ0) is 13.9. The molecule has 0 saturated carbocycles. The first kappa shape index (κ1) is 13.4. The van der Waals surface area contributed by atoms with Gasteiger partial charge in [-0.1, -0.05) is 12.1 Å². The van der Waals surface area contributed by atoms with Crippen LogP contribution in [0.15, 0.2) is 24.4 Å². The van der Waals surface area contributed by atoms with Gasteiger partial charge in [0.05, 0.1) is 17.4 Å². The highest BCUT2D eigenvalue weighted by atomic mass is 15.2. The van der Waals surface area contributed by atoms with Crippen LogP contribution in [0.4, 0.5) is 5.69 Å². The van der Waals surface area contributed by atoms with Crippen molar-refractivity contribution in [2.45, 2.75) is 45.2 Å². The summed E-state index contributed by atoms with van der Waals surface area (Å²) in [6, 6.07) is 7.55. The molecule has 2 N–H and O–H groups in total. The second kappa shape index (κ2) is 5.83. The lowest BCUT2D eigenvalue weighted by atomic mass is 10.1. The highest BCUT2D eigenvalue weighted by Crippen LogP contribution is 2.24. The quantitative estimate of drug-likeness (QED) is 0.901. The summed E-state index contributed by atoms with van der Waals surface area (Å²) in [6.07, 6.45) is 5.61. The maximum Gasteiger partial charge on any atom is 0.0881 e. The van der Waals surface area contributed by atoms with E-state index < -0.39 is 0 Å². The minimum atomic E-state index is 0.563. The minimum Gasteiger partial charge on any atom is -0.381 e. The third-order valence-electron chi connectivity index (χ3n) is 4.33. The average Bonchev–Trinajstić information content (AvgIpc) is 2.79. The highest BCUT2D eigenvalue weighted by molar-refractivity contribution is 5.89. The molecule has 108 valence electrons. The number of likely N-dealkylation sites (tertiary alicyclic amines) is 1. The van der Waals surface area contributed by atoms with E-state index in [4.69, 9.17) is 0 Å². The summed E-state index contributed by atoms with van der Waals surface area (Å²) in [5.74, 6) is 0. The second-order valence-electron chi connectivity index (χ2n) is 6.04. The molecule has 0 bridgehead atoms. The van der Waals surface area contributed by atoms with Crippen LogP contribution in [-0.2, 0) is 0 Å². The van der Waals surface area contributed by atoms with E-state index in [0.29, 0.717) is 12.1 Å². The van der Waals surface area contributed by atoms with Gasteiger partial charge in [0.1, 0.15) is 0 Å². The van der Waals surface area contributed by atoms with Crippen LogP contribution in [0, 0.1) is 0 Å². The minimum absolute atomic E-state index is 0.563. The van der Waals surface area contributed by atoms with Gasteiger partial charge in [-0.2, -0.15) is 5.10 Å². The molecule has 1 atom stereocenters. The van der Waals surface area contributed by atoms with Crippen LogP contribution in [0.5, 0.6) is 0 Å². The average molecular weight is 272 g/mol. The van der Waals surface area contributed by atoms with Gasteiger partial charge in [-0.25, -0.2) is 0 Å². The number of hydrogen-bond donors (Lipinski definition) is 2. The molecule has 1 saturated heterocycles. The molecule has 20 heavy (non-hydrogen) atoms. The summed E-state index contributed by atoms with van der Waals surface area (Å²) in [5.41, 5.74) is 2.31. The van der Waals surface area contributed by atoms with Crippen LogP contribution < -0.4 is 5.32 Å². The Morgan fingerprint density at radius 1 is 1.30 bits per heavy atom. The van der Waals surface area contributed by atoms with Gasteiger partial charge in [-0.15, -0.1) is 0 Å². The molecule has 4 heteroatoms. The molecule has 1 fully saturated rings. The first-order chi connectivity index (χ1) is 9.74. The Kier molecular flexibility index (Phi) is 3.92. The van der Waals surface area contributed by atoms with Crippen molar-refractivity contribution in [2.75, 3.05) is 18.4 Å². The number of nitrogens with zero attached hydrogens (tertiary/aromatic N) is 2. The van der Waals surface area contributed by atoms with E-state index in [-0.39, 0.29) is 0 Å². The molecule has 1 aliphatic rings. The summed E-state index contributed by atoms with van der Waals surface area (Å²) in [5, 5.41) is 12.1. The predicted molar refractivity (Wildman–Crippen MR) is 84.1 cm³/mol. The topological polar surface area (TPSA) is 44.0 Å². The molecule has 2 aromatic rings. The molecule has 1 aliphatic heterocycles. The number of aromatic nitrogens is 2. The molecule has 0 radical (unpaired) electrons. The van der Waals surface area contributed by atoms with Gasteiger partial charge < -0.3 is 10.2 Å². The van der Waals surface area contributed by atoms with Crippen molar-refractivity contribution in [3.63, 3.8) is 0 Å². The maximum atomic E-state index is 4.14. The Hall–Kier alpha value is -1.55. The van der Waals surface area contributed by atoms with Gasteiger partial charge in [0.15, 0.2) is 0 Å². The van der Waals surface area contributed by atoms with Crippen LogP contribution in [0.2, 0.25) is 0 Å². The Bertz CT molecular complexity index is 560. The molecule has 1 aromatic carbocycles. The zero-order valence-corrected chi connectivity index (χ0v) is 12.4. The van der Waals surface area contributed by atoms with Crippen molar-refractivity contribution in [1.29, 1.82) is 0 Å². The van der Waals surface area contributed by atoms with E-state index in [1.807, 2.05) is 6.20 Å². The van der Waals surface area contributed by atoms with Crippen molar-refractivity contribution in [3.8, 4) is 0 Å². The molecule has 0 spiro atoms. The lowest BCUT2D eigenvalue weighted by Gasteiger charge is -2.24. The molecule has 1 unspecified atom stereocenters. The number of nitrogens with one attached hydrogen (secondary N) is 2. The van der Waals surface area contributed by atoms with E-state index in [2.05, 4.69) is 52.5 Å². The van der Waals surface area contributed by atoms with Crippen molar-refractivity contribution in [2.24, 2.45) is 0 Å². The maximum absolute atomic E-state index is 4.14. The van der Waals surface area contributed by atoms with Gasteiger partial charge in [0.25, 0.3) is 0 Å². The van der Waals surface area contributed by atoms with E-state index in [1.165, 1.54) is 43.4 Å². The van der Waals surface area contributed by atoms with Gasteiger partial charge in [-0.3, -0.25) is 5.10 Å². The molecule has 3 rings (SSSR count). The lowest BCUT2D eigenvalue weighted by Crippen LogP contribution is -2.32. The molecule has 1 aromatic heterocycles. The lowest BCUT2D eigenvalue weighted by molar-refractivity contribution is 0.230. The monoisotopic (exact) mass is 272 g/mol. The van der Waals surface area contributed by atoms with Crippen LogP contribution >= 0.6 is 0 Å². The number of hydrogen-bond acceptors (Lipinski definition) is 3. The van der Waals surface area contributed by atoms with Crippen LogP contribution in [0.1, 0.15) is 33.1 Å². The molecular formula is C16H24N4. The van der Waals surface area contributed by atoms with Crippen LogP contribution in [-0.4, -0.2) is 40.3 Å². The van der Waals surface area contributed by atoms with Gasteiger partial charge in [-0.05, 0) is 45.7 Å². The first-order valence-corrected chi connectivity index (χ1v) is 7.67. The Morgan fingerprint density at radius 3 is 3.05 bits per heavy atom. The number of benzene rings is 1. The third kappa shape index (κ3) is 2.80. The second-order valence-corrected chi connectivity index (χ2v) is 6.04. The summed E-state index contributed by atoms with van der Waals surface area (Å²) in [7, 11) is 0. The van der Waals surface area contributed by atoms with Crippen molar-refractivity contribution >= 4 is 16.6 Å². The number of anilines is 1.